The highest BCUT2D eigenvalue weighted by Gasteiger charge is 2.27. The number of carbonyl (C=O) groups excluding carboxylic acids is 1. The number of amides is 1. The first-order valence-electron chi connectivity index (χ1n) is 9.41. The Labute approximate surface area is 159 Å². The highest BCUT2D eigenvalue weighted by molar-refractivity contribution is 5.96. The lowest BCUT2D eigenvalue weighted by atomic mass is 10.0. The summed E-state index contributed by atoms with van der Waals surface area (Å²) >= 11 is 0. The minimum absolute atomic E-state index is 0.0270. The molecule has 0 unspecified atom stereocenters. The zero-order valence-electron chi connectivity index (χ0n) is 15.5. The lowest BCUT2D eigenvalue weighted by molar-refractivity contribution is -0.00685. The van der Waals surface area contributed by atoms with E-state index in [1.54, 1.807) is 6.20 Å². The van der Waals surface area contributed by atoms with Gasteiger partial charge in [0.15, 0.2) is 11.5 Å². The van der Waals surface area contributed by atoms with Gasteiger partial charge in [0.05, 0.1) is 12.7 Å². The third kappa shape index (κ3) is 4.06. The second-order valence-electron chi connectivity index (χ2n) is 7.00. The van der Waals surface area contributed by atoms with Crippen molar-refractivity contribution in [3.8, 4) is 11.5 Å². The molecule has 3 heterocycles. The van der Waals surface area contributed by atoms with E-state index in [2.05, 4.69) is 4.98 Å². The molecule has 1 saturated heterocycles. The molecule has 2 aliphatic rings. The molecule has 1 aromatic carbocycles. The molecule has 4 rings (SSSR count). The number of pyridine rings is 1. The normalized spacial score (nSPS) is 19.0. The average molecular weight is 368 g/mol. The SMILES string of the molecule is Cc1cc2c(cc1C(=O)N1CCC[C@H](OCc3cccnc3)C1)OCCO2. The molecule has 1 amide bonds. The van der Waals surface area contributed by atoms with Crippen LogP contribution in [0, 0.1) is 6.92 Å². The summed E-state index contributed by atoms with van der Waals surface area (Å²) in [4.78, 5) is 19.1. The number of carbonyl (C=O) groups is 1. The van der Waals surface area contributed by atoms with E-state index in [1.807, 2.05) is 42.3 Å². The summed E-state index contributed by atoms with van der Waals surface area (Å²) in [6.07, 6.45) is 5.50. The highest BCUT2D eigenvalue weighted by atomic mass is 16.6. The molecule has 0 N–H and O–H groups in total. The number of fused-ring (bicyclic) bond motifs is 1. The average Bonchev–Trinajstić information content (AvgIpc) is 2.72. The van der Waals surface area contributed by atoms with Crippen LogP contribution in [0.3, 0.4) is 0 Å². The zero-order chi connectivity index (χ0) is 18.6. The maximum absolute atomic E-state index is 13.1. The molecule has 0 bridgehead atoms. The van der Waals surface area contributed by atoms with E-state index >= 15 is 0 Å². The Balaban J connectivity index is 1.42. The number of ether oxygens (including phenoxy) is 3. The Kier molecular flexibility index (Phi) is 5.25. The summed E-state index contributed by atoms with van der Waals surface area (Å²) in [6.45, 7) is 4.86. The number of nitrogens with zero attached hydrogens (tertiary/aromatic N) is 2. The van der Waals surface area contributed by atoms with Crippen LogP contribution in [-0.4, -0.2) is 48.2 Å². The van der Waals surface area contributed by atoms with E-state index in [0.29, 0.717) is 43.4 Å². The van der Waals surface area contributed by atoms with E-state index in [1.165, 1.54) is 0 Å². The second-order valence-corrected chi connectivity index (χ2v) is 7.00. The molecular weight excluding hydrogens is 344 g/mol. The van der Waals surface area contributed by atoms with Crippen LogP contribution in [-0.2, 0) is 11.3 Å². The van der Waals surface area contributed by atoms with Gasteiger partial charge in [0.2, 0.25) is 0 Å². The van der Waals surface area contributed by atoms with Gasteiger partial charge in [0, 0.05) is 31.0 Å². The van der Waals surface area contributed by atoms with Crippen LogP contribution in [0.5, 0.6) is 11.5 Å². The minimum Gasteiger partial charge on any atom is -0.486 e. The van der Waals surface area contributed by atoms with Gasteiger partial charge in [-0.3, -0.25) is 9.78 Å². The van der Waals surface area contributed by atoms with Crippen LogP contribution < -0.4 is 9.47 Å². The summed E-state index contributed by atoms with van der Waals surface area (Å²) in [6, 6.07) is 7.60. The Morgan fingerprint density at radius 2 is 2.11 bits per heavy atom. The Morgan fingerprint density at radius 1 is 1.30 bits per heavy atom. The molecule has 0 radical (unpaired) electrons. The van der Waals surface area contributed by atoms with Gasteiger partial charge in [0.1, 0.15) is 13.2 Å². The molecule has 1 fully saturated rings. The fourth-order valence-corrected chi connectivity index (χ4v) is 3.55. The van der Waals surface area contributed by atoms with E-state index in [0.717, 1.165) is 30.5 Å². The van der Waals surface area contributed by atoms with Gasteiger partial charge in [-0.15, -0.1) is 0 Å². The summed E-state index contributed by atoms with van der Waals surface area (Å²) in [5.41, 5.74) is 2.62. The molecule has 0 spiro atoms. The van der Waals surface area contributed by atoms with Crippen molar-refractivity contribution in [1.29, 1.82) is 0 Å². The minimum atomic E-state index is 0.0270. The fraction of sp³-hybridized carbons (Fsp3) is 0.429. The van der Waals surface area contributed by atoms with Gasteiger partial charge in [-0.2, -0.15) is 0 Å². The number of likely N-dealkylation sites (tertiary alicyclic amines) is 1. The Morgan fingerprint density at radius 3 is 2.89 bits per heavy atom. The molecule has 142 valence electrons. The van der Waals surface area contributed by atoms with Crippen LogP contribution in [0.1, 0.15) is 34.3 Å². The standard InChI is InChI=1S/C21H24N2O4/c1-15-10-19-20(26-9-8-25-19)11-18(15)21(24)23-7-3-5-17(13-23)27-14-16-4-2-6-22-12-16/h2,4,6,10-12,17H,3,5,7-9,13-14H2,1H3/t17-/m0/s1. The van der Waals surface area contributed by atoms with Crippen molar-refractivity contribution >= 4 is 5.91 Å². The number of piperidine rings is 1. The van der Waals surface area contributed by atoms with Crippen molar-refractivity contribution in [1.82, 2.24) is 9.88 Å². The lowest BCUT2D eigenvalue weighted by Gasteiger charge is -2.33. The molecule has 0 aliphatic carbocycles. The van der Waals surface area contributed by atoms with Gasteiger partial charge < -0.3 is 19.1 Å². The van der Waals surface area contributed by atoms with Crippen molar-refractivity contribution < 1.29 is 19.0 Å². The van der Waals surface area contributed by atoms with Crippen LogP contribution in [0.15, 0.2) is 36.7 Å². The monoisotopic (exact) mass is 368 g/mol. The number of rotatable bonds is 4. The van der Waals surface area contributed by atoms with Gasteiger partial charge in [0.25, 0.3) is 5.91 Å². The molecule has 6 nitrogen and oxygen atoms in total. The number of benzene rings is 1. The Bertz CT molecular complexity index is 809. The van der Waals surface area contributed by atoms with Crippen LogP contribution in [0.4, 0.5) is 0 Å². The van der Waals surface area contributed by atoms with Crippen LogP contribution in [0.2, 0.25) is 0 Å². The maximum atomic E-state index is 13.1. The van der Waals surface area contributed by atoms with Crippen molar-refractivity contribution in [2.24, 2.45) is 0 Å². The predicted molar refractivity (Wildman–Crippen MR) is 100 cm³/mol. The molecular formula is C21H24N2O4. The smallest absolute Gasteiger partial charge is 0.254 e. The first-order chi connectivity index (χ1) is 13.2. The largest absolute Gasteiger partial charge is 0.486 e. The zero-order valence-corrected chi connectivity index (χ0v) is 15.5. The first-order valence-corrected chi connectivity index (χ1v) is 9.41. The van der Waals surface area contributed by atoms with Crippen molar-refractivity contribution in [2.45, 2.75) is 32.5 Å². The van der Waals surface area contributed by atoms with E-state index < -0.39 is 0 Å². The molecule has 0 saturated carbocycles. The van der Waals surface area contributed by atoms with Gasteiger partial charge in [-0.05, 0) is 49.1 Å². The van der Waals surface area contributed by atoms with Crippen molar-refractivity contribution in [2.75, 3.05) is 26.3 Å². The molecule has 6 heteroatoms. The van der Waals surface area contributed by atoms with Crippen molar-refractivity contribution in [3.63, 3.8) is 0 Å². The third-order valence-electron chi connectivity index (χ3n) is 4.99. The van der Waals surface area contributed by atoms with Crippen LogP contribution >= 0.6 is 0 Å². The second kappa shape index (κ2) is 7.96. The predicted octanol–water partition coefficient (Wildman–Crippen LogP) is 2.98. The Hall–Kier alpha value is -2.60. The number of hydrogen-bond donors (Lipinski definition) is 0. The highest BCUT2D eigenvalue weighted by Crippen LogP contribution is 2.33. The van der Waals surface area contributed by atoms with E-state index in [-0.39, 0.29) is 12.0 Å². The molecule has 1 atom stereocenters. The summed E-state index contributed by atoms with van der Waals surface area (Å²) in [5, 5.41) is 0. The van der Waals surface area contributed by atoms with Crippen molar-refractivity contribution in [3.05, 3.63) is 53.3 Å². The molecule has 2 aromatic rings. The molecule has 27 heavy (non-hydrogen) atoms. The number of aryl methyl sites for hydroxylation is 1. The summed E-state index contributed by atoms with van der Waals surface area (Å²) < 4.78 is 17.3. The van der Waals surface area contributed by atoms with E-state index in [9.17, 15) is 4.79 Å². The summed E-state index contributed by atoms with van der Waals surface area (Å²) in [5.74, 6) is 1.39. The third-order valence-corrected chi connectivity index (χ3v) is 4.99. The fourth-order valence-electron chi connectivity index (χ4n) is 3.55. The van der Waals surface area contributed by atoms with E-state index in [4.69, 9.17) is 14.2 Å². The lowest BCUT2D eigenvalue weighted by Crippen LogP contribution is -2.43. The number of aromatic nitrogens is 1. The summed E-state index contributed by atoms with van der Waals surface area (Å²) in [7, 11) is 0. The maximum Gasteiger partial charge on any atom is 0.254 e. The molecule has 2 aliphatic heterocycles. The first kappa shape index (κ1) is 17.8. The quantitative estimate of drug-likeness (QED) is 0.830. The van der Waals surface area contributed by atoms with Gasteiger partial charge in [-0.25, -0.2) is 0 Å². The molecule has 1 aromatic heterocycles. The van der Waals surface area contributed by atoms with Crippen LogP contribution in [0.25, 0.3) is 0 Å². The number of hydrogen-bond acceptors (Lipinski definition) is 5. The topological polar surface area (TPSA) is 60.9 Å². The van der Waals surface area contributed by atoms with Gasteiger partial charge in [-0.1, -0.05) is 6.07 Å². The van der Waals surface area contributed by atoms with Gasteiger partial charge >= 0.3 is 0 Å².